The average Bonchev–Trinajstić information content (AvgIpc) is 2.54. The van der Waals surface area contributed by atoms with Gasteiger partial charge in [-0.2, -0.15) is 0 Å². The first-order chi connectivity index (χ1) is 11.0. The first-order valence-corrected chi connectivity index (χ1v) is 6.66. The van der Waals surface area contributed by atoms with E-state index < -0.39 is 28.9 Å². The Morgan fingerprint density at radius 3 is 2.61 bits per heavy atom. The van der Waals surface area contributed by atoms with Gasteiger partial charge in [0, 0.05) is 13.7 Å². The number of carbonyl (C=O) groups is 1. The molecule has 0 radical (unpaired) electrons. The molecule has 23 heavy (non-hydrogen) atoms. The first-order valence-electron chi connectivity index (χ1n) is 6.66. The van der Waals surface area contributed by atoms with Crippen LogP contribution in [0.15, 0.2) is 30.5 Å². The fourth-order valence-corrected chi connectivity index (χ4v) is 1.75. The van der Waals surface area contributed by atoms with Gasteiger partial charge in [0.2, 0.25) is 0 Å². The molecular formula is C15H14F3N3O2. The van der Waals surface area contributed by atoms with Crippen molar-refractivity contribution >= 4 is 17.4 Å². The number of ether oxygens (including phenoxy) is 1. The van der Waals surface area contributed by atoms with Crippen molar-refractivity contribution < 1.29 is 22.7 Å². The molecule has 0 aliphatic rings. The van der Waals surface area contributed by atoms with E-state index in [0.717, 1.165) is 6.07 Å². The number of anilines is 2. The quantitative estimate of drug-likeness (QED) is 0.633. The van der Waals surface area contributed by atoms with Gasteiger partial charge >= 0.3 is 0 Å². The summed E-state index contributed by atoms with van der Waals surface area (Å²) in [6.45, 7) is 1.11. The van der Waals surface area contributed by atoms with Crippen LogP contribution in [0.1, 0.15) is 10.4 Å². The molecule has 2 rings (SSSR count). The number of pyridine rings is 1. The van der Waals surface area contributed by atoms with E-state index in [1.54, 1.807) is 13.2 Å². The van der Waals surface area contributed by atoms with Crippen molar-refractivity contribution in [2.75, 3.05) is 30.9 Å². The number of benzene rings is 1. The molecule has 2 aromatic rings. The number of aromatic nitrogens is 1. The van der Waals surface area contributed by atoms with E-state index in [1.165, 1.54) is 12.3 Å². The monoisotopic (exact) mass is 325 g/mol. The molecule has 0 unspecified atom stereocenters. The Balaban J connectivity index is 2.04. The SMILES string of the molecule is COCCNc1ccc(NC(=O)c2ccc(F)c(F)c2F)nc1. The van der Waals surface area contributed by atoms with Gasteiger partial charge in [-0.25, -0.2) is 18.2 Å². The zero-order valence-electron chi connectivity index (χ0n) is 12.2. The maximum absolute atomic E-state index is 13.5. The lowest BCUT2D eigenvalue weighted by atomic mass is 10.2. The molecule has 0 atom stereocenters. The summed E-state index contributed by atoms with van der Waals surface area (Å²) in [6.07, 6.45) is 1.47. The highest BCUT2D eigenvalue weighted by Crippen LogP contribution is 2.17. The number of hydrogen-bond acceptors (Lipinski definition) is 4. The number of methoxy groups -OCH3 is 1. The summed E-state index contributed by atoms with van der Waals surface area (Å²) >= 11 is 0. The van der Waals surface area contributed by atoms with Crippen molar-refractivity contribution in [1.29, 1.82) is 0 Å². The first kappa shape index (κ1) is 16.8. The van der Waals surface area contributed by atoms with Crippen LogP contribution in [0.25, 0.3) is 0 Å². The van der Waals surface area contributed by atoms with Gasteiger partial charge in [-0.3, -0.25) is 4.79 Å². The van der Waals surface area contributed by atoms with E-state index in [9.17, 15) is 18.0 Å². The van der Waals surface area contributed by atoms with Gasteiger partial charge < -0.3 is 15.4 Å². The van der Waals surface area contributed by atoms with Gasteiger partial charge in [-0.15, -0.1) is 0 Å². The standard InChI is InChI=1S/C15H14F3N3O2/c1-23-7-6-19-9-2-5-12(20-8-9)21-15(22)10-3-4-11(16)14(18)13(10)17/h2-5,8,19H,6-7H2,1H3,(H,20,21,22). The molecule has 0 aliphatic heterocycles. The molecule has 1 heterocycles. The second-order valence-electron chi connectivity index (χ2n) is 4.53. The van der Waals surface area contributed by atoms with Crippen LogP contribution < -0.4 is 10.6 Å². The Labute approximate surface area is 130 Å². The summed E-state index contributed by atoms with van der Waals surface area (Å²) in [5.74, 6) is -5.36. The topological polar surface area (TPSA) is 63.2 Å². The number of rotatable bonds is 6. The minimum atomic E-state index is -1.69. The molecule has 0 saturated carbocycles. The third-order valence-electron chi connectivity index (χ3n) is 2.92. The molecule has 0 saturated heterocycles. The molecule has 0 bridgehead atoms. The fraction of sp³-hybridized carbons (Fsp3) is 0.200. The largest absolute Gasteiger partial charge is 0.383 e. The fourth-order valence-electron chi connectivity index (χ4n) is 1.75. The van der Waals surface area contributed by atoms with Crippen LogP contribution in [0.4, 0.5) is 24.7 Å². The summed E-state index contributed by atoms with van der Waals surface area (Å²) in [7, 11) is 1.58. The molecule has 1 aromatic carbocycles. The molecule has 0 spiro atoms. The maximum atomic E-state index is 13.5. The lowest BCUT2D eigenvalue weighted by molar-refractivity contribution is 0.102. The third-order valence-corrected chi connectivity index (χ3v) is 2.92. The predicted molar refractivity (Wildman–Crippen MR) is 78.9 cm³/mol. The highest BCUT2D eigenvalue weighted by atomic mass is 19.2. The van der Waals surface area contributed by atoms with E-state index in [4.69, 9.17) is 4.74 Å². The van der Waals surface area contributed by atoms with Crippen molar-refractivity contribution in [1.82, 2.24) is 4.98 Å². The Bertz CT molecular complexity index is 693. The highest BCUT2D eigenvalue weighted by molar-refractivity contribution is 6.04. The van der Waals surface area contributed by atoms with Gasteiger partial charge in [-0.1, -0.05) is 0 Å². The Hall–Kier alpha value is -2.61. The minimum Gasteiger partial charge on any atom is -0.383 e. The van der Waals surface area contributed by atoms with Crippen LogP contribution in [0.2, 0.25) is 0 Å². The van der Waals surface area contributed by atoms with Gasteiger partial charge in [0.15, 0.2) is 17.5 Å². The second-order valence-corrected chi connectivity index (χ2v) is 4.53. The normalized spacial score (nSPS) is 10.4. The van der Waals surface area contributed by atoms with E-state index in [1.807, 2.05) is 0 Å². The summed E-state index contributed by atoms with van der Waals surface area (Å²) < 4.78 is 44.4. The van der Waals surface area contributed by atoms with Gasteiger partial charge in [0.1, 0.15) is 5.82 Å². The summed E-state index contributed by atoms with van der Waals surface area (Å²) in [4.78, 5) is 15.8. The smallest absolute Gasteiger partial charge is 0.259 e. The number of carbonyl (C=O) groups excluding carboxylic acids is 1. The Kier molecular flexibility index (Phi) is 5.53. The van der Waals surface area contributed by atoms with Crippen LogP contribution in [0, 0.1) is 17.5 Å². The summed E-state index contributed by atoms with van der Waals surface area (Å²) in [5, 5.41) is 5.34. The van der Waals surface area contributed by atoms with Gasteiger partial charge in [0.25, 0.3) is 5.91 Å². The van der Waals surface area contributed by atoms with E-state index in [-0.39, 0.29) is 5.82 Å². The van der Waals surface area contributed by atoms with Crippen LogP contribution in [-0.4, -0.2) is 31.2 Å². The van der Waals surface area contributed by atoms with E-state index in [0.29, 0.717) is 24.9 Å². The number of halogens is 3. The van der Waals surface area contributed by atoms with Crippen molar-refractivity contribution in [2.45, 2.75) is 0 Å². The van der Waals surface area contributed by atoms with Crippen molar-refractivity contribution in [3.63, 3.8) is 0 Å². The molecule has 5 nitrogen and oxygen atoms in total. The number of amides is 1. The Morgan fingerprint density at radius 1 is 1.17 bits per heavy atom. The highest BCUT2D eigenvalue weighted by Gasteiger charge is 2.19. The molecule has 122 valence electrons. The van der Waals surface area contributed by atoms with Crippen molar-refractivity contribution in [3.8, 4) is 0 Å². The van der Waals surface area contributed by atoms with Crippen LogP contribution in [0.3, 0.4) is 0 Å². The van der Waals surface area contributed by atoms with Gasteiger partial charge in [0.05, 0.1) is 24.1 Å². The van der Waals surface area contributed by atoms with Crippen LogP contribution in [-0.2, 0) is 4.74 Å². The van der Waals surface area contributed by atoms with Gasteiger partial charge in [-0.05, 0) is 24.3 Å². The molecule has 8 heteroatoms. The van der Waals surface area contributed by atoms with Crippen LogP contribution in [0.5, 0.6) is 0 Å². The zero-order valence-corrected chi connectivity index (χ0v) is 12.2. The number of nitrogens with one attached hydrogen (secondary N) is 2. The van der Waals surface area contributed by atoms with E-state index >= 15 is 0 Å². The summed E-state index contributed by atoms with van der Waals surface area (Å²) in [6, 6.07) is 4.69. The van der Waals surface area contributed by atoms with Crippen LogP contribution >= 0.6 is 0 Å². The summed E-state index contributed by atoms with van der Waals surface area (Å²) in [5.41, 5.74) is 0.104. The predicted octanol–water partition coefficient (Wildman–Crippen LogP) is 2.81. The molecule has 1 amide bonds. The number of hydrogen-bond donors (Lipinski definition) is 2. The number of nitrogens with zero attached hydrogens (tertiary/aromatic N) is 1. The minimum absolute atomic E-state index is 0.149. The average molecular weight is 325 g/mol. The van der Waals surface area contributed by atoms with Crippen molar-refractivity contribution in [2.24, 2.45) is 0 Å². The molecule has 2 N–H and O–H groups in total. The Morgan fingerprint density at radius 2 is 1.96 bits per heavy atom. The lowest BCUT2D eigenvalue weighted by Gasteiger charge is -2.08. The zero-order chi connectivity index (χ0) is 16.8. The third kappa shape index (κ3) is 4.19. The van der Waals surface area contributed by atoms with E-state index in [2.05, 4.69) is 15.6 Å². The maximum Gasteiger partial charge on any atom is 0.259 e. The van der Waals surface area contributed by atoms with Crippen molar-refractivity contribution in [3.05, 3.63) is 53.5 Å². The molecule has 0 fully saturated rings. The molecule has 1 aromatic heterocycles. The second kappa shape index (κ2) is 7.59. The molecular weight excluding hydrogens is 311 g/mol. The lowest BCUT2D eigenvalue weighted by Crippen LogP contribution is -2.16. The molecule has 0 aliphatic carbocycles.